The zero-order valence-electron chi connectivity index (χ0n) is 25.6. The summed E-state index contributed by atoms with van der Waals surface area (Å²) in [4.78, 5) is 24.5. The van der Waals surface area contributed by atoms with E-state index in [0.29, 0.717) is 17.5 Å². The number of hydrogen-bond donors (Lipinski definition) is 3. The Morgan fingerprint density at radius 1 is 0.891 bits per heavy atom. The number of amides is 2. The zero-order chi connectivity index (χ0) is 33.7. The summed E-state index contributed by atoms with van der Waals surface area (Å²) >= 11 is 0. The number of carbonyl (C=O) groups is 2. The van der Waals surface area contributed by atoms with E-state index in [1.165, 1.54) is 49.8 Å². The fourth-order valence-corrected chi connectivity index (χ4v) is 7.14. The number of alkyl halides is 6. The number of nitrogens with zero attached hydrogens (tertiary/aromatic N) is 1. The lowest BCUT2D eigenvalue weighted by molar-refractivity contribution is -0.192. The van der Waals surface area contributed by atoms with Crippen LogP contribution < -0.4 is 20.1 Å². The number of ether oxygens (including phenoxy) is 2. The molecule has 2 aliphatic carbocycles. The Morgan fingerprint density at radius 2 is 1.52 bits per heavy atom. The topological polar surface area (TPSA) is 100 Å². The highest BCUT2D eigenvalue weighted by molar-refractivity contribution is 5.89. The summed E-state index contributed by atoms with van der Waals surface area (Å²) in [6, 6.07) is 11.2. The number of anilines is 1. The van der Waals surface area contributed by atoms with Gasteiger partial charge in [0.2, 0.25) is 0 Å². The predicted octanol–water partition coefficient (Wildman–Crippen LogP) is 7.37. The van der Waals surface area contributed by atoms with Gasteiger partial charge in [-0.3, -0.25) is 4.90 Å². The van der Waals surface area contributed by atoms with Crippen LogP contribution in [-0.2, 0) is 16.4 Å². The van der Waals surface area contributed by atoms with Gasteiger partial charge >= 0.3 is 24.4 Å². The second kappa shape index (κ2) is 14.4. The molecule has 46 heavy (non-hydrogen) atoms. The van der Waals surface area contributed by atoms with E-state index in [9.17, 15) is 31.1 Å². The van der Waals surface area contributed by atoms with E-state index in [2.05, 4.69) is 27.7 Å². The highest BCUT2D eigenvalue weighted by atomic mass is 19.4. The number of likely N-dealkylation sites (tertiary alicyclic amines) is 1. The summed E-state index contributed by atoms with van der Waals surface area (Å²) in [5, 5.41) is 12.9. The van der Waals surface area contributed by atoms with Crippen molar-refractivity contribution in [2.24, 2.45) is 0 Å². The molecule has 2 aromatic carbocycles. The molecule has 2 aromatic rings. The minimum absolute atomic E-state index is 0.0260. The molecule has 0 aromatic heterocycles. The molecular formula is C32H39F6N3O5. The first kappa shape index (κ1) is 35.2. The van der Waals surface area contributed by atoms with Gasteiger partial charge in [0, 0.05) is 29.2 Å². The van der Waals surface area contributed by atoms with Gasteiger partial charge in [0.1, 0.15) is 0 Å². The Labute approximate surface area is 263 Å². The van der Waals surface area contributed by atoms with Gasteiger partial charge in [-0.15, -0.1) is 0 Å². The highest BCUT2D eigenvalue weighted by Gasteiger charge is 2.53. The molecule has 0 spiro atoms. The molecule has 14 heteroatoms. The molecule has 2 amide bonds. The van der Waals surface area contributed by atoms with E-state index < -0.39 is 23.9 Å². The molecule has 3 aliphatic rings. The van der Waals surface area contributed by atoms with Crippen LogP contribution >= 0.6 is 0 Å². The molecule has 3 atom stereocenters. The molecule has 8 nitrogen and oxygen atoms in total. The molecule has 254 valence electrons. The van der Waals surface area contributed by atoms with Crippen molar-refractivity contribution in [2.75, 3.05) is 26.1 Å². The van der Waals surface area contributed by atoms with E-state index in [0.717, 1.165) is 50.1 Å². The van der Waals surface area contributed by atoms with Gasteiger partial charge in [-0.1, -0.05) is 25.3 Å². The molecular weight excluding hydrogens is 620 g/mol. The Hall–Kier alpha value is -3.68. The largest absolute Gasteiger partial charge is 0.493 e. The van der Waals surface area contributed by atoms with Crippen LogP contribution in [0.2, 0.25) is 0 Å². The smallest absolute Gasteiger partial charge is 0.490 e. The molecule has 3 fully saturated rings. The van der Waals surface area contributed by atoms with Crippen LogP contribution in [0.15, 0.2) is 42.5 Å². The number of urea groups is 1. The zero-order valence-corrected chi connectivity index (χ0v) is 25.6. The Balaban J connectivity index is 0.000000617. The molecule has 0 bridgehead atoms. The minimum Gasteiger partial charge on any atom is -0.493 e. The first-order valence-electron chi connectivity index (χ1n) is 15.2. The molecule has 1 saturated heterocycles. The number of rotatable bonds is 6. The number of aliphatic carboxylic acids is 1. The molecule has 2 saturated carbocycles. The van der Waals surface area contributed by atoms with Crippen molar-refractivity contribution in [3.05, 3.63) is 53.6 Å². The minimum atomic E-state index is -5.08. The summed E-state index contributed by atoms with van der Waals surface area (Å²) in [5.41, 5.74) is 0.826. The average Bonchev–Trinajstić information content (AvgIpc) is 3.40. The standard InChI is InChI=1S/C30H38F3N3O3.C2HF3O2/c1-38-25-13-10-21(18-26(25)39-2)29-15-14-23(19-27(29)36(17-16-29)24-6-4-3-5-7-24)35-28(37)34-22-11-8-20(9-12-22)30(31,32)33;3-2(4,5)1(6)7/h8-13,18,23-24,27H,3-7,14-17,19H2,1-2H3,(H2,34,35,37);(H,6,7). The van der Waals surface area contributed by atoms with Crippen LogP contribution in [0.4, 0.5) is 36.8 Å². The van der Waals surface area contributed by atoms with Crippen LogP contribution in [0, 0.1) is 0 Å². The van der Waals surface area contributed by atoms with Crippen LogP contribution in [0.1, 0.15) is 68.9 Å². The first-order chi connectivity index (χ1) is 21.7. The van der Waals surface area contributed by atoms with Crippen molar-refractivity contribution in [3.8, 4) is 11.5 Å². The van der Waals surface area contributed by atoms with Gasteiger partial charge in [-0.2, -0.15) is 26.3 Å². The lowest BCUT2D eigenvalue weighted by Gasteiger charge is -2.47. The molecule has 3 N–H and O–H groups in total. The van der Waals surface area contributed by atoms with Gasteiger partial charge in [-0.05, 0) is 87.0 Å². The first-order valence-corrected chi connectivity index (χ1v) is 15.2. The number of halogens is 6. The van der Waals surface area contributed by atoms with Crippen LogP contribution in [0.25, 0.3) is 0 Å². The lowest BCUT2D eigenvalue weighted by atomic mass is 9.64. The van der Waals surface area contributed by atoms with Crippen molar-refractivity contribution in [1.82, 2.24) is 10.2 Å². The maximum Gasteiger partial charge on any atom is 0.490 e. The Morgan fingerprint density at radius 3 is 2.09 bits per heavy atom. The summed E-state index contributed by atoms with van der Waals surface area (Å²) in [7, 11) is 3.31. The molecule has 1 heterocycles. The van der Waals surface area contributed by atoms with Gasteiger partial charge in [0.05, 0.1) is 19.8 Å². The summed E-state index contributed by atoms with van der Waals surface area (Å²) < 4.78 is 81.5. The van der Waals surface area contributed by atoms with E-state index >= 15 is 0 Å². The third-order valence-electron chi connectivity index (χ3n) is 9.35. The average molecular weight is 660 g/mol. The van der Waals surface area contributed by atoms with Crippen molar-refractivity contribution >= 4 is 17.7 Å². The van der Waals surface area contributed by atoms with Crippen LogP contribution in [0.3, 0.4) is 0 Å². The molecule has 3 unspecified atom stereocenters. The van der Waals surface area contributed by atoms with Crippen molar-refractivity contribution < 1.29 is 50.5 Å². The van der Waals surface area contributed by atoms with Crippen LogP contribution in [-0.4, -0.2) is 67.1 Å². The van der Waals surface area contributed by atoms with Gasteiger partial charge in [0.25, 0.3) is 0 Å². The van der Waals surface area contributed by atoms with E-state index in [1.807, 2.05) is 6.07 Å². The Kier molecular flexibility index (Phi) is 11.0. The van der Waals surface area contributed by atoms with Gasteiger partial charge in [0.15, 0.2) is 11.5 Å². The van der Waals surface area contributed by atoms with E-state index in [-0.39, 0.29) is 23.5 Å². The number of methoxy groups -OCH3 is 2. The number of hydrogen-bond acceptors (Lipinski definition) is 5. The second-order valence-corrected chi connectivity index (χ2v) is 12.0. The quantitative estimate of drug-likeness (QED) is 0.280. The highest BCUT2D eigenvalue weighted by Crippen LogP contribution is 2.51. The molecule has 5 rings (SSSR count). The third kappa shape index (κ3) is 8.18. The number of carbonyl (C=O) groups excluding carboxylic acids is 1. The van der Waals surface area contributed by atoms with Gasteiger partial charge < -0.3 is 25.2 Å². The third-order valence-corrected chi connectivity index (χ3v) is 9.35. The second-order valence-electron chi connectivity index (χ2n) is 12.0. The number of carboxylic acids is 1. The normalized spacial score (nSPS) is 23.8. The number of benzene rings is 2. The molecule has 0 radical (unpaired) electrons. The fraction of sp³-hybridized carbons (Fsp3) is 0.562. The summed E-state index contributed by atoms with van der Waals surface area (Å²) in [5.74, 6) is -1.31. The van der Waals surface area contributed by atoms with Crippen molar-refractivity contribution in [2.45, 2.75) is 93.7 Å². The maximum atomic E-state index is 12.9. The van der Waals surface area contributed by atoms with Crippen molar-refractivity contribution in [1.29, 1.82) is 0 Å². The van der Waals surface area contributed by atoms with Crippen molar-refractivity contribution in [3.63, 3.8) is 0 Å². The number of carboxylic acid groups (broad SMARTS) is 1. The van der Waals surface area contributed by atoms with E-state index in [1.54, 1.807) is 14.2 Å². The van der Waals surface area contributed by atoms with Crippen LogP contribution in [0.5, 0.6) is 11.5 Å². The van der Waals surface area contributed by atoms with Gasteiger partial charge in [-0.25, -0.2) is 9.59 Å². The fourth-order valence-electron chi connectivity index (χ4n) is 7.14. The predicted molar refractivity (Wildman–Crippen MR) is 158 cm³/mol. The summed E-state index contributed by atoms with van der Waals surface area (Å²) in [6.07, 6.45) is 0.391. The van der Waals surface area contributed by atoms with E-state index in [4.69, 9.17) is 19.4 Å². The molecule has 1 aliphatic heterocycles. The SMILES string of the molecule is COc1ccc(C23CCC(NC(=O)Nc4ccc(C(F)(F)F)cc4)CC2N(C2CCCCC2)CC3)cc1OC.O=C(O)C(F)(F)F. The lowest BCUT2D eigenvalue weighted by Crippen LogP contribution is -2.55. The number of nitrogens with one attached hydrogen (secondary N) is 2. The maximum absolute atomic E-state index is 12.9. The Bertz CT molecular complexity index is 1350. The monoisotopic (exact) mass is 659 g/mol. The number of fused-ring (bicyclic) bond motifs is 1. The summed E-state index contributed by atoms with van der Waals surface area (Å²) in [6.45, 7) is 1.04.